The molecule has 0 nitrogen and oxygen atoms in total. The van der Waals surface area contributed by atoms with Gasteiger partial charge in [0.1, 0.15) is 0 Å². The molecule has 0 heterocycles. The van der Waals surface area contributed by atoms with Gasteiger partial charge >= 0.3 is 6.18 Å². The Morgan fingerprint density at radius 1 is 0.821 bits per heavy atom. The Morgan fingerprint density at radius 2 is 1.32 bits per heavy atom. The van der Waals surface area contributed by atoms with Crippen molar-refractivity contribution in [2.75, 3.05) is 0 Å². The van der Waals surface area contributed by atoms with E-state index in [0.29, 0.717) is 12.0 Å². The molecule has 156 valence electrons. The fourth-order valence-corrected chi connectivity index (χ4v) is 5.21. The van der Waals surface area contributed by atoms with E-state index in [0.717, 1.165) is 37.5 Å². The molecule has 2 aliphatic rings. The predicted octanol–water partition coefficient (Wildman–Crippen LogP) is 8.54. The summed E-state index contributed by atoms with van der Waals surface area (Å²) in [5.74, 6) is 2.25. The quantitative estimate of drug-likeness (QED) is 0.425. The van der Waals surface area contributed by atoms with Crippen molar-refractivity contribution in [1.82, 2.24) is 0 Å². The Hall–Kier alpha value is -1.25. The van der Waals surface area contributed by atoms with E-state index < -0.39 is 6.18 Å². The van der Waals surface area contributed by atoms with E-state index in [2.05, 4.69) is 31.2 Å². The largest absolute Gasteiger partial charge is 0.409 e. The number of benzene rings is 1. The van der Waals surface area contributed by atoms with Crippen molar-refractivity contribution >= 4 is 0 Å². The van der Waals surface area contributed by atoms with Crippen LogP contribution in [0.2, 0.25) is 0 Å². The summed E-state index contributed by atoms with van der Waals surface area (Å²) < 4.78 is 37.0. The lowest BCUT2D eigenvalue weighted by atomic mass is 9.76. The summed E-state index contributed by atoms with van der Waals surface area (Å²) in [5.41, 5.74) is 2.86. The maximum Gasteiger partial charge on any atom is 0.409 e. The molecule has 28 heavy (non-hydrogen) atoms. The van der Waals surface area contributed by atoms with Gasteiger partial charge in [0, 0.05) is 6.08 Å². The molecule has 0 atom stereocenters. The third-order valence-electron chi connectivity index (χ3n) is 7.02. The SMILES string of the molecule is CCCCC1CCC(c2ccc(C3CCC(C=CC(F)(F)F)CC3)cc2)CC1. The average molecular weight is 393 g/mol. The molecule has 1 aromatic carbocycles. The molecule has 1 aromatic rings. The second-order valence-corrected chi connectivity index (χ2v) is 9.04. The van der Waals surface area contributed by atoms with Crippen molar-refractivity contribution < 1.29 is 13.2 Å². The predicted molar refractivity (Wildman–Crippen MR) is 111 cm³/mol. The van der Waals surface area contributed by atoms with E-state index in [-0.39, 0.29) is 5.92 Å². The Labute approximate surface area is 168 Å². The third kappa shape index (κ3) is 6.39. The smallest absolute Gasteiger partial charge is 0.167 e. The Kier molecular flexibility index (Phi) is 7.65. The van der Waals surface area contributed by atoms with Crippen molar-refractivity contribution in [1.29, 1.82) is 0 Å². The number of rotatable bonds is 6. The van der Waals surface area contributed by atoms with E-state index in [1.807, 2.05) is 0 Å². The molecular formula is C25H35F3. The van der Waals surface area contributed by atoms with Gasteiger partial charge in [-0.3, -0.25) is 0 Å². The van der Waals surface area contributed by atoms with E-state index in [4.69, 9.17) is 0 Å². The maximum atomic E-state index is 12.3. The van der Waals surface area contributed by atoms with Crippen molar-refractivity contribution in [2.24, 2.45) is 11.8 Å². The summed E-state index contributed by atoms with van der Waals surface area (Å²) in [7, 11) is 0. The first-order valence-corrected chi connectivity index (χ1v) is 11.3. The second kappa shape index (κ2) is 9.98. The van der Waals surface area contributed by atoms with Crippen molar-refractivity contribution in [2.45, 2.75) is 95.6 Å². The zero-order chi connectivity index (χ0) is 20.0. The van der Waals surface area contributed by atoms with Gasteiger partial charge in [-0.15, -0.1) is 0 Å². The number of halogens is 3. The van der Waals surface area contributed by atoms with Crippen LogP contribution in [0.15, 0.2) is 36.4 Å². The molecule has 2 saturated carbocycles. The van der Waals surface area contributed by atoms with E-state index >= 15 is 0 Å². The lowest BCUT2D eigenvalue weighted by Crippen LogP contribution is -2.14. The van der Waals surface area contributed by atoms with Crippen LogP contribution in [-0.2, 0) is 0 Å². The van der Waals surface area contributed by atoms with Crippen molar-refractivity contribution in [3.63, 3.8) is 0 Å². The highest BCUT2D eigenvalue weighted by Crippen LogP contribution is 2.40. The molecule has 0 amide bonds. The number of unbranched alkanes of at least 4 members (excludes halogenated alkanes) is 1. The summed E-state index contributed by atoms with van der Waals surface area (Å²) in [4.78, 5) is 0. The highest BCUT2D eigenvalue weighted by atomic mass is 19.4. The highest BCUT2D eigenvalue weighted by molar-refractivity contribution is 5.28. The molecule has 0 aliphatic heterocycles. The van der Waals surface area contributed by atoms with Gasteiger partial charge in [0.15, 0.2) is 0 Å². The van der Waals surface area contributed by atoms with Gasteiger partial charge in [0.25, 0.3) is 0 Å². The summed E-state index contributed by atoms with van der Waals surface area (Å²) in [6, 6.07) is 9.22. The number of hydrogen-bond donors (Lipinski definition) is 0. The van der Waals surface area contributed by atoms with Gasteiger partial charge in [-0.05, 0) is 86.2 Å². The molecule has 0 radical (unpaired) electrons. The number of hydrogen-bond acceptors (Lipinski definition) is 0. The Bertz CT molecular complexity index is 598. The third-order valence-corrected chi connectivity index (χ3v) is 7.02. The second-order valence-electron chi connectivity index (χ2n) is 9.04. The van der Waals surface area contributed by atoms with Crippen molar-refractivity contribution in [3.8, 4) is 0 Å². The molecule has 0 N–H and O–H groups in total. The van der Waals surface area contributed by atoms with Crippen LogP contribution in [0.4, 0.5) is 13.2 Å². The molecule has 3 rings (SSSR count). The first-order chi connectivity index (χ1) is 13.4. The summed E-state index contributed by atoms with van der Waals surface area (Å²) >= 11 is 0. The standard InChI is InChI=1S/C25H35F3/c1-2-3-4-19-5-9-21(10-6-19)23-13-15-24(16-14-23)22-11-7-20(8-12-22)17-18-25(26,27)28/h13-22H,2-12H2,1H3. The van der Waals surface area contributed by atoms with Crippen LogP contribution in [0.1, 0.15) is 101 Å². The lowest BCUT2D eigenvalue weighted by molar-refractivity contribution is -0.0803. The normalized spacial score (nSPS) is 29.3. The van der Waals surface area contributed by atoms with Gasteiger partial charge < -0.3 is 0 Å². The summed E-state index contributed by atoms with van der Waals surface area (Å²) in [5, 5.41) is 0. The summed E-state index contributed by atoms with van der Waals surface area (Å²) in [6.07, 6.45) is 10.8. The van der Waals surface area contributed by atoms with Crippen LogP contribution < -0.4 is 0 Å². The summed E-state index contributed by atoms with van der Waals surface area (Å²) in [6.45, 7) is 2.28. The highest BCUT2D eigenvalue weighted by Gasteiger charge is 2.26. The average Bonchev–Trinajstić information content (AvgIpc) is 2.71. The van der Waals surface area contributed by atoms with Crippen LogP contribution in [0.5, 0.6) is 0 Å². The molecular weight excluding hydrogens is 357 g/mol. The first kappa shape index (κ1) is 21.5. The van der Waals surface area contributed by atoms with Crippen LogP contribution in [0.25, 0.3) is 0 Å². The molecule has 0 bridgehead atoms. The maximum absolute atomic E-state index is 12.3. The molecule has 2 aliphatic carbocycles. The minimum atomic E-state index is -4.18. The first-order valence-electron chi connectivity index (χ1n) is 11.3. The van der Waals surface area contributed by atoms with Crippen LogP contribution >= 0.6 is 0 Å². The lowest BCUT2D eigenvalue weighted by Gasteiger charge is -2.30. The molecule has 0 aromatic heterocycles. The van der Waals surface area contributed by atoms with E-state index in [9.17, 15) is 13.2 Å². The fourth-order valence-electron chi connectivity index (χ4n) is 5.21. The van der Waals surface area contributed by atoms with Gasteiger partial charge in [-0.1, -0.05) is 56.5 Å². The van der Waals surface area contributed by atoms with E-state index in [1.165, 1.54) is 62.1 Å². The molecule has 0 saturated heterocycles. The number of alkyl halides is 3. The number of allylic oxidation sites excluding steroid dienone is 2. The van der Waals surface area contributed by atoms with E-state index in [1.54, 1.807) is 0 Å². The zero-order valence-electron chi connectivity index (χ0n) is 17.2. The topological polar surface area (TPSA) is 0 Å². The zero-order valence-corrected chi connectivity index (χ0v) is 17.2. The molecule has 0 unspecified atom stereocenters. The van der Waals surface area contributed by atoms with Gasteiger partial charge in [0.05, 0.1) is 0 Å². The van der Waals surface area contributed by atoms with Crippen LogP contribution in [0.3, 0.4) is 0 Å². The van der Waals surface area contributed by atoms with Crippen LogP contribution in [0, 0.1) is 11.8 Å². The minimum Gasteiger partial charge on any atom is -0.167 e. The fraction of sp³-hybridized carbons (Fsp3) is 0.680. The Balaban J connectivity index is 1.47. The van der Waals surface area contributed by atoms with Crippen LogP contribution in [-0.4, -0.2) is 6.18 Å². The monoisotopic (exact) mass is 392 g/mol. The molecule has 2 fully saturated rings. The van der Waals surface area contributed by atoms with Crippen molar-refractivity contribution in [3.05, 3.63) is 47.5 Å². The van der Waals surface area contributed by atoms with Gasteiger partial charge in [0.2, 0.25) is 0 Å². The van der Waals surface area contributed by atoms with Gasteiger partial charge in [-0.25, -0.2) is 0 Å². The molecule has 3 heteroatoms. The minimum absolute atomic E-state index is 0.0834. The Morgan fingerprint density at radius 3 is 1.79 bits per heavy atom. The molecule has 0 spiro atoms. The van der Waals surface area contributed by atoms with Gasteiger partial charge in [-0.2, -0.15) is 13.2 Å².